The molecule has 0 heterocycles. The quantitative estimate of drug-likeness (QED) is 0.125. The third-order valence-electron chi connectivity index (χ3n) is 7.04. The SMILES string of the molecule is C=CCCCCCCCCCCC[Si](F)(C1CCCC1)C1CCCC1. The Morgan fingerprint density at radius 1 is 0.680 bits per heavy atom. The second-order valence-corrected chi connectivity index (χ2v) is 12.9. The zero-order valence-electron chi connectivity index (χ0n) is 16.8. The molecule has 0 N–H and O–H groups in total. The van der Waals surface area contributed by atoms with Gasteiger partial charge in [0.15, 0.2) is 0 Å². The predicted molar refractivity (Wildman–Crippen MR) is 112 cm³/mol. The van der Waals surface area contributed by atoms with Crippen LogP contribution in [0.15, 0.2) is 12.7 Å². The maximum atomic E-state index is 16.1. The Morgan fingerprint density at radius 3 is 1.52 bits per heavy atom. The molecule has 0 radical (unpaired) electrons. The number of hydrogen-bond donors (Lipinski definition) is 0. The van der Waals surface area contributed by atoms with Crippen molar-refractivity contribution in [3.63, 3.8) is 0 Å². The first-order valence-electron chi connectivity index (χ1n) is 11.6. The molecule has 2 heteroatoms. The van der Waals surface area contributed by atoms with E-state index in [2.05, 4.69) is 6.58 Å². The van der Waals surface area contributed by atoms with E-state index < -0.39 is 8.41 Å². The zero-order chi connectivity index (χ0) is 17.8. The molecule has 146 valence electrons. The average molecular weight is 367 g/mol. The van der Waals surface area contributed by atoms with Crippen LogP contribution in [-0.2, 0) is 0 Å². The molecule has 0 unspecified atom stereocenters. The van der Waals surface area contributed by atoms with Crippen molar-refractivity contribution >= 4 is 8.41 Å². The van der Waals surface area contributed by atoms with Gasteiger partial charge in [0.2, 0.25) is 0 Å². The zero-order valence-corrected chi connectivity index (χ0v) is 17.8. The molecule has 0 amide bonds. The van der Waals surface area contributed by atoms with Gasteiger partial charge in [-0.25, -0.2) is 0 Å². The van der Waals surface area contributed by atoms with E-state index >= 15 is 4.11 Å². The molecule has 0 saturated heterocycles. The number of unbranched alkanes of at least 4 members (excludes halogenated alkanes) is 9. The van der Waals surface area contributed by atoms with Crippen molar-refractivity contribution in [1.29, 1.82) is 0 Å². The molecular weight excluding hydrogens is 323 g/mol. The number of halogens is 1. The Labute approximate surface area is 158 Å². The molecule has 25 heavy (non-hydrogen) atoms. The molecule has 0 aromatic heterocycles. The van der Waals surface area contributed by atoms with Crippen molar-refractivity contribution in [3.8, 4) is 0 Å². The molecule has 2 rings (SSSR count). The Bertz CT molecular complexity index is 326. The van der Waals surface area contributed by atoms with Crippen LogP contribution in [0.5, 0.6) is 0 Å². The highest BCUT2D eigenvalue weighted by Gasteiger charge is 2.50. The predicted octanol–water partition coefficient (Wildman–Crippen LogP) is 8.88. The van der Waals surface area contributed by atoms with Gasteiger partial charge in [0.05, 0.1) is 0 Å². The van der Waals surface area contributed by atoms with Crippen LogP contribution < -0.4 is 0 Å². The van der Waals surface area contributed by atoms with Gasteiger partial charge in [-0.3, -0.25) is 0 Å². The summed E-state index contributed by atoms with van der Waals surface area (Å²) >= 11 is 0. The second-order valence-electron chi connectivity index (χ2n) is 8.90. The molecule has 2 saturated carbocycles. The van der Waals surface area contributed by atoms with Crippen molar-refractivity contribution in [1.82, 2.24) is 0 Å². The lowest BCUT2D eigenvalue weighted by atomic mass is 10.1. The first kappa shape index (κ1) is 21.2. The van der Waals surface area contributed by atoms with Crippen LogP contribution in [0.2, 0.25) is 17.1 Å². The lowest BCUT2D eigenvalue weighted by Gasteiger charge is -2.34. The summed E-state index contributed by atoms with van der Waals surface area (Å²) in [7, 11) is -2.49. The van der Waals surface area contributed by atoms with Crippen molar-refractivity contribution < 1.29 is 4.11 Å². The van der Waals surface area contributed by atoms with E-state index in [4.69, 9.17) is 0 Å². The summed E-state index contributed by atoms with van der Waals surface area (Å²) in [5.74, 6) is 0. The number of allylic oxidation sites excluding steroid dienone is 1. The van der Waals surface area contributed by atoms with Gasteiger partial charge in [-0.2, -0.15) is 0 Å². The van der Waals surface area contributed by atoms with E-state index in [1.54, 1.807) is 0 Å². The fourth-order valence-corrected chi connectivity index (χ4v) is 10.5. The molecule has 2 fully saturated rings. The molecular formula is C23H43FSi. The average Bonchev–Trinajstić information content (AvgIpc) is 3.33. The fraction of sp³-hybridized carbons (Fsp3) is 0.913. The van der Waals surface area contributed by atoms with Crippen molar-refractivity contribution in [3.05, 3.63) is 12.7 Å². The van der Waals surface area contributed by atoms with Gasteiger partial charge in [-0.15, -0.1) is 6.58 Å². The highest BCUT2D eigenvalue weighted by molar-refractivity contribution is 6.76. The van der Waals surface area contributed by atoms with Crippen molar-refractivity contribution in [2.45, 2.75) is 133 Å². The van der Waals surface area contributed by atoms with Crippen LogP contribution >= 0.6 is 0 Å². The van der Waals surface area contributed by atoms with Crippen LogP contribution in [0.1, 0.15) is 116 Å². The van der Waals surface area contributed by atoms with Gasteiger partial charge in [-0.05, 0) is 30.0 Å². The standard InChI is InChI=1S/C23H43FSi/c1-2-3-4-5-6-7-8-9-10-11-16-21-25(24,22-17-12-13-18-22)23-19-14-15-20-23/h2,22-23H,1,3-21H2. The summed E-state index contributed by atoms with van der Waals surface area (Å²) in [6, 6.07) is 1.00. The maximum Gasteiger partial charge on any atom is 0.253 e. The van der Waals surface area contributed by atoms with Gasteiger partial charge >= 0.3 is 0 Å². The third kappa shape index (κ3) is 7.19. The van der Waals surface area contributed by atoms with Gasteiger partial charge in [0.25, 0.3) is 8.41 Å². The van der Waals surface area contributed by atoms with Crippen LogP contribution in [0.4, 0.5) is 4.11 Å². The van der Waals surface area contributed by atoms with Crippen molar-refractivity contribution in [2.75, 3.05) is 0 Å². The van der Waals surface area contributed by atoms with E-state index in [0.29, 0.717) is 11.1 Å². The normalized spacial score (nSPS) is 19.7. The Kier molecular flexibility index (Phi) is 10.4. The Balaban J connectivity index is 1.56. The smallest absolute Gasteiger partial charge is 0.253 e. The summed E-state index contributed by atoms with van der Waals surface area (Å²) < 4.78 is 16.1. The summed E-state index contributed by atoms with van der Waals surface area (Å²) in [6.45, 7) is 3.78. The number of hydrogen-bond acceptors (Lipinski definition) is 0. The van der Waals surface area contributed by atoms with Gasteiger partial charge in [0, 0.05) is 0 Å². The van der Waals surface area contributed by atoms with E-state index in [-0.39, 0.29) is 0 Å². The second kappa shape index (κ2) is 12.3. The first-order valence-corrected chi connectivity index (χ1v) is 13.8. The molecule has 0 nitrogen and oxygen atoms in total. The Morgan fingerprint density at radius 2 is 1.08 bits per heavy atom. The van der Waals surface area contributed by atoms with E-state index in [0.717, 1.165) is 6.04 Å². The summed E-state index contributed by atoms with van der Waals surface area (Å²) in [6.07, 6.45) is 25.4. The van der Waals surface area contributed by atoms with Gasteiger partial charge in [-0.1, -0.05) is 109 Å². The minimum Gasteiger partial charge on any atom is -0.313 e. The molecule has 0 aliphatic heterocycles. The van der Waals surface area contributed by atoms with Crippen LogP contribution in [0, 0.1) is 0 Å². The largest absolute Gasteiger partial charge is 0.313 e. The van der Waals surface area contributed by atoms with Gasteiger partial charge < -0.3 is 4.11 Å². The minimum atomic E-state index is -2.49. The van der Waals surface area contributed by atoms with Crippen LogP contribution in [0.3, 0.4) is 0 Å². The minimum absolute atomic E-state index is 0.533. The van der Waals surface area contributed by atoms with Gasteiger partial charge in [0.1, 0.15) is 0 Å². The Hall–Kier alpha value is -0.113. The topological polar surface area (TPSA) is 0 Å². The molecule has 2 aliphatic rings. The fourth-order valence-electron chi connectivity index (χ4n) is 5.48. The highest BCUT2D eigenvalue weighted by Crippen LogP contribution is 2.53. The molecule has 0 aromatic carbocycles. The lowest BCUT2D eigenvalue weighted by molar-refractivity contribution is 0.552. The molecule has 0 spiro atoms. The van der Waals surface area contributed by atoms with E-state index in [9.17, 15) is 0 Å². The van der Waals surface area contributed by atoms with E-state index in [1.165, 1.54) is 116 Å². The summed E-state index contributed by atoms with van der Waals surface area (Å²) in [4.78, 5) is 0. The third-order valence-corrected chi connectivity index (χ3v) is 12.0. The number of rotatable bonds is 14. The maximum absolute atomic E-state index is 16.1. The molecule has 0 atom stereocenters. The molecule has 2 aliphatic carbocycles. The summed E-state index contributed by atoms with van der Waals surface area (Å²) in [5, 5.41) is 0. The molecule has 0 aromatic rings. The monoisotopic (exact) mass is 366 g/mol. The van der Waals surface area contributed by atoms with Crippen LogP contribution in [-0.4, -0.2) is 8.41 Å². The molecule has 0 bridgehead atoms. The highest BCUT2D eigenvalue weighted by atomic mass is 28.4. The van der Waals surface area contributed by atoms with E-state index in [1.807, 2.05) is 6.08 Å². The summed E-state index contributed by atoms with van der Waals surface area (Å²) in [5.41, 5.74) is 1.07. The first-order chi connectivity index (χ1) is 12.3. The lowest BCUT2D eigenvalue weighted by Crippen LogP contribution is -2.38. The van der Waals surface area contributed by atoms with Crippen molar-refractivity contribution in [2.24, 2.45) is 0 Å². The van der Waals surface area contributed by atoms with Crippen LogP contribution in [0.25, 0.3) is 0 Å².